The molecule has 0 saturated heterocycles. The van der Waals surface area contributed by atoms with Gasteiger partial charge in [0.25, 0.3) is 23.2 Å². The van der Waals surface area contributed by atoms with Crippen molar-refractivity contribution in [2.24, 2.45) is 0 Å². The summed E-state index contributed by atoms with van der Waals surface area (Å²) in [6.45, 7) is 4.32. The van der Waals surface area contributed by atoms with E-state index in [2.05, 4.69) is 10.6 Å². The van der Waals surface area contributed by atoms with Crippen molar-refractivity contribution in [3.8, 4) is 11.5 Å². The number of nitro benzene ring substituents is 2. The number of rotatable bonds is 17. The number of nitrogens with zero attached hydrogens (tertiary/aromatic N) is 2. The van der Waals surface area contributed by atoms with Gasteiger partial charge in [0.15, 0.2) is 12.2 Å². The molecule has 0 aliphatic rings. The Bertz CT molecular complexity index is 974. The molecule has 0 spiro atoms. The van der Waals surface area contributed by atoms with Crippen LogP contribution in [-0.4, -0.2) is 47.0 Å². The zero-order valence-electron chi connectivity index (χ0n) is 21.6. The van der Waals surface area contributed by atoms with Crippen LogP contribution in [0.15, 0.2) is 48.5 Å². The van der Waals surface area contributed by atoms with E-state index in [1.807, 2.05) is 0 Å². The molecule has 0 aromatic heterocycles. The van der Waals surface area contributed by atoms with Crippen molar-refractivity contribution in [2.75, 3.05) is 13.1 Å². The van der Waals surface area contributed by atoms with Gasteiger partial charge in [-0.25, -0.2) is 0 Å². The van der Waals surface area contributed by atoms with Crippen molar-refractivity contribution in [3.63, 3.8) is 0 Å². The van der Waals surface area contributed by atoms with Crippen molar-refractivity contribution in [2.45, 2.75) is 64.6 Å². The lowest BCUT2D eigenvalue weighted by molar-refractivity contribution is -0.385. The average Bonchev–Trinajstić information content (AvgIpc) is 2.89. The molecule has 0 aliphatic heterocycles. The highest BCUT2D eigenvalue weighted by Gasteiger charge is 2.16. The van der Waals surface area contributed by atoms with Crippen molar-refractivity contribution < 1.29 is 28.9 Å². The summed E-state index contributed by atoms with van der Waals surface area (Å²) in [5, 5.41) is 27.0. The van der Waals surface area contributed by atoms with Crippen LogP contribution in [0.3, 0.4) is 0 Å². The van der Waals surface area contributed by atoms with E-state index in [0.717, 1.165) is 38.5 Å². The molecule has 2 amide bonds. The van der Waals surface area contributed by atoms with E-state index in [9.17, 15) is 29.8 Å². The topological polar surface area (TPSA) is 163 Å². The molecule has 0 bridgehead atoms. The SMILES string of the molecule is CC(Oc1ccc([N+](=O)[O-])cc1)C(=O)NCCCCCCCCNC(=O)C(C)Oc1ccc([N+](=O)[O-])cc1. The molecular formula is C26H34N4O8. The minimum Gasteiger partial charge on any atom is -0.481 e. The molecule has 2 aromatic rings. The van der Waals surface area contributed by atoms with Crippen LogP contribution < -0.4 is 20.1 Å². The third-order valence-corrected chi connectivity index (χ3v) is 5.66. The first-order valence-electron chi connectivity index (χ1n) is 12.5. The van der Waals surface area contributed by atoms with Crippen LogP contribution in [0.25, 0.3) is 0 Å². The number of nitro groups is 2. The highest BCUT2D eigenvalue weighted by Crippen LogP contribution is 2.19. The van der Waals surface area contributed by atoms with E-state index in [4.69, 9.17) is 9.47 Å². The summed E-state index contributed by atoms with van der Waals surface area (Å²) in [6.07, 6.45) is 4.20. The number of hydrogen-bond donors (Lipinski definition) is 2. The van der Waals surface area contributed by atoms with Gasteiger partial charge in [-0.3, -0.25) is 29.8 Å². The molecule has 2 atom stereocenters. The third-order valence-electron chi connectivity index (χ3n) is 5.66. The number of non-ortho nitro benzene ring substituents is 2. The molecule has 0 fully saturated rings. The second kappa shape index (κ2) is 15.8. The monoisotopic (exact) mass is 530 g/mol. The first-order chi connectivity index (χ1) is 18.2. The standard InChI is InChI=1S/C26H34N4O8/c1-19(37-23-13-9-21(10-14-23)29(33)34)25(31)27-17-7-5-3-4-6-8-18-28-26(32)20(2)38-24-15-11-22(12-16-24)30(35)36/h9-16,19-20H,3-8,17-18H2,1-2H3,(H,27,31)(H,28,32). The Kier molecular flexibility index (Phi) is 12.5. The molecule has 2 unspecified atom stereocenters. The molecule has 2 rings (SSSR count). The molecule has 0 heterocycles. The minimum atomic E-state index is -0.714. The van der Waals surface area contributed by atoms with E-state index in [1.165, 1.54) is 48.5 Å². The second-order valence-electron chi connectivity index (χ2n) is 8.73. The number of amides is 2. The summed E-state index contributed by atoms with van der Waals surface area (Å²) in [6, 6.07) is 11.2. The maximum atomic E-state index is 12.2. The number of unbranched alkanes of at least 4 members (excludes halogenated alkanes) is 5. The lowest BCUT2D eigenvalue weighted by atomic mass is 10.1. The Morgan fingerprint density at radius 1 is 0.658 bits per heavy atom. The van der Waals surface area contributed by atoms with Crippen molar-refractivity contribution in [1.29, 1.82) is 0 Å². The fourth-order valence-corrected chi connectivity index (χ4v) is 3.48. The molecule has 0 saturated carbocycles. The number of carbonyl (C=O) groups is 2. The zero-order chi connectivity index (χ0) is 27.9. The average molecular weight is 531 g/mol. The van der Waals surface area contributed by atoms with Crippen LogP contribution in [0, 0.1) is 20.2 Å². The van der Waals surface area contributed by atoms with Crippen LogP contribution in [0.4, 0.5) is 11.4 Å². The van der Waals surface area contributed by atoms with Crippen molar-refractivity contribution >= 4 is 23.2 Å². The first kappa shape index (κ1) is 30.0. The molecule has 12 heteroatoms. The summed E-state index contributed by atoms with van der Waals surface area (Å²) in [4.78, 5) is 44.7. The zero-order valence-corrected chi connectivity index (χ0v) is 21.6. The number of nitrogens with one attached hydrogen (secondary N) is 2. The number of carbonyl (C=O) groups excluding carboxylic acids is 2. The normalized spacial score (nSPS) is 12.2. The number of ether oxygens (including phenoxy) is 2. The molecule has 0 radical (unpaired) electrons. The Morgan fingerprint density at radius 2 is 0.974 bits per heavy atom. The Balaban J connectivity index is 1.47. The molecule has 206 valence electrons. The van der Waals surface area contributed by atoms with Crippen LogP contribution in [0.2, 0.25) is 0 Å². The Morgan fingerprint density at radius 3 is 1.29 bits per heavy atom. The van der Waals surface area contributed by atoms with Gasteiger partial charge in [-0.2, -0.15) is 0 Å². The third kappa shape index (κ3) is 10.8. The molecule has 0 aliphatic carbocycles. The van der Waals surface area contributed by atoms with Gasteiger partial charge in [0.1, 0.15) is 11.5 Å². The van der Waals surface area contributed by atoms with E-state index < -0.39 is 22.1 Å². The predicted molar refractivity (Wildman–Crippen MR) is 140 cm³/mol. The molecule has 2 aromatic carbocycles. The van der Waals surface area contributed by atoms with E-state index >= 15 is 0 Å². The maximum absolute atomic E-state index is 12.2. The molecular weight excluding hydrogens is 496 g/mol. The van der Waals surface area contributed by atoms with Crippen LogP contribution in [0.1, 0.15) is 52.4 Å². The van der Waals surface area contributed by atoms with Gasteiger partial charge in [0, 0.05) is 37.4 Å². The fourth-order valence-electron chi connectivity index (χ4n) is 3.48. The molecule has 38 heavy (non-hydrogen) atoms. The maximum Gasteiger partial charge on any atom is 0.269 e. The van der Waals surface area contributed by atoms with Gasteiger partial charge in [-0.05, 0) is 51.0 Å². The van der Waals surface area contributed by atoms with Gasteiger partial charge in [-0.15, -0.1) is 0 Å². The van der Waals surface area contributed by atoms with Gasteiger partial charge in [0.05, 0.1) is 9.85 Å². The van der Waals surface area contributed by atoms with E-state index in [1.54, 1.807) is 13.8 Å². The van der Waals surface area contributed by atoms with Crippen molar-refractivity contribution in [1.82, 2.24) is 10.6 Å². The molecule has 2 N–H and O–H groups in total. The first-order valence-corrected chi connectivity index (χ1v) is 12.5. The second-order valence-corrected chi connectivity index (χ2v) is 8.73. The van der Waals surface area contributed by atoms with Gasteiger partial charge in [-0.1, -0.05) is 25.7 Å². The number of benzene rings is 2. The largest absolute Gasteiger partial charge is 0.481 e. The Labute approximate surface area is 221 Å². The van der Waals surface area contributed by atoms with Gasteiger partial charge in [0.2, 0.25) is 0 Å². The number of hydrogen-bond acceptors (Lipinski definition) is 8. The lowest BCUT2D eigenvalue weighted by Gasteiger charge is -2.15. The van der Waals surface area contributed by atoms with Crippen LogP contribution in [-0.2, 0) is 9.59 Å². The summed E-state index contributed by atoms with van der Waals surface area (Å²) in [7, 11) is 0. The van der Waals surface area contributed by atoms with Crippen LogP contribution >= 0.6 is 0 Å². The van der Waals surface area contributed by atoms with Crippen molar-refractivity contribution in [3.05, 3.63) is 68.8 Å². The predicted octanol–water partition coefficient (Wildman–Crippen LogP) is 4.31. The van der Waals surface area contributed by atoms with E-state index in [0.29, 0.717) is 24.6 Å². The smallest absolute Gasteiger partial charge is 0.269 e. The summed E-state index contributed by atoms with van der Waals surface area (Å²) in [5.74, 6) is 0.290. The summed E-state index contributed by atoms with van der Waals surface area (Å²) >= 11 is 0. The highest BCUT2D eigenvalue weighted by molar-refractivity contribution is 5.81. The quantitative estimate of drug-likeness (QED) is 0.174. The highest BCUT2D eigenvalue weighted by atomic mass is 16.6. The van der Waals surface area contributed by atoms with Gasteiger partial charge < -0.3 is 20.1 Å². The molecule has 12 nitrogen and oxygen atoms in total. The summed E-state index contributed by atoms with van der Waals surface area (Å²) < 4.78 is 11.0. The summed E-state index contributed by atoms with van der Waals surface area (Å²) in [5.41, 5.74) is -0.0829. The Hall–Kier alpha value is -4.22. The minimum absolute atomic E-state index is 0.0414. The fraction of sp³-hybridized carbons (Fsp3) is 0.462. The lowest BCUT2D eigenvalue weighted by Crippen LogP contribution is -2.36. The van der Waals surface area contributed by atoms with Gasteiger partial charge >= 0.3 is 0 Å². The van der Waals surface area contributed by atoms with Crippen LogP contribution in [0.5, 0.6) is 11.5 Å². The van der Waals surface area contributed by atoms with E-state index in [-0.39, 0.29) is 23.2 Å².